The van der Waals surface area contributed by atoms with Gasteiger partial charge in [0.25, 0.3) is 5.91 Å². The fourth-order valence-electron chi connectivity index (χ4n) is 2.49. The van der Waals surface area contributed by atoms with E-state index in [1.165, 1.54) is 5.56 Å². The summed E-state index contributed by atoms with van der Waals surface area (Å²) < 4.78 is 21.5. The Morgan fingerprint density at radius 1 is 1.04 bits per heavy atom. The summed E-state index contributed by atoms with van der Waals surface area (Å²) in [6.07, 6.45) is 0. The van der Waals surface area contributed by atoms with Gasteiger partial charge in [-0.15, -0.1) is 0 Å². The number of hydrogen-bond donors (Lipinski definition) is 1. The van der Waals surface area contributed by atoms with E-state index in [1.807, 2.05) is 24.3 Å². The van der Waals surface area contributed by atoms with Crippen molar-refractivity contribution in [1.29, 1.82) is 0 Å². The molecular weight excluding hydrogens is 358 g/mol. The lowest BCUT2D eigenvalue weighted by Crippen LogP contribution is -2.29. The highest BCUT2D eigenvalue weighted by Gasteiger charge is 2.13. The van der Waals surface area contributed by atoms with Crippen molar-refractivity contribution in [2.24, 2.45) is 0 Å². The number of amides is 1. The van der Waals surface area contributed by atoms with E-state index in [4.69, 9.17) is 18.9 Å². The maximum atomic E-state index is 11.8. The van der Waals surface area contributed by atoms with Crippen molar-refractivity contribution in [2.45, 2.75) is 19.8 Å². The fourth-order valence-corrected chi connectivity index (χ4v) is 2.49. The SMILES string of the molecule is CC(C)c1ccc(OCC(=O)NCC#CCOc2ccc3c(c2)OCO3)cc1. The molecule has 2 aromatic rings. The zero-order chi connectivity index (χ0) is 19.8. The minimum absolute atomic E-state index is 0.0452. The number of hydrogen-bond acceptors (Lipinski definition) is 5. The van der Waals surface area contributed by atoms with Crippen LogP contribution in [0.25, 0.3) is 0 Å². The molecule has 0 saturated carbocycles. The van der Waals surface area contributed by atoms with Gasteiger partial charge in [0.15, 0.2) is 18.1 Å². The Morgan fingerprint density at radius 2 is 1.79 bits per heavy atom. The van der Waals surface area contributed by atoms with E-state index in [-0.39, 0.29) is 32.5 Å². The van der Waals surface area contributed by atoms with E-state index in [2.05, 4.69) is 31.0 Å². The van der Waals surface area contributed by atoms with Gasteiger partial charge in [-0.05, 0) is 35.7 Å². The third-order valence-electron chi connectivity index (χ3n) is 4.07. The van der Waals surface area contributed by atoms with Crippen LogP contribution in [-0.4, -0.2) is 32.5 Å². The lowest BCUT2D eigenvalue weighted by atomic mass is 10.0. The molecule has 1 heterocycles. The minimum Gasteiger partial charge on any atom is -0.484 e. The average Bonchev–Trinajstić information content (AvgIpc) is 3.17. The number of benzene rings is 2. The van der Waals surface area contributed by atoms with Gasteiger partial charge in [-0.25, -0.2) is 0 Å². The zero-order valence-electron chi connectivity index (χ0n) is 16.0. The van der Waals surface area contributed by atoms with Crippen LogP contribution in [0.4, 0.5) is 0 Å². The lowest BCUT2D eigenvalue weighted by molar-refractivity contribution is -0.122. The summed E-state index contributed by atoms with van der Waals surface area (Å²) >= 11 is 0. The summed E-state index contributed by atoms with van der Waals surface area (Å²) in [6.45, 7) is 4.89. The van der Waals surface area contributed by atoms with Crippen LogP contribution in [0.2, 0.25) is 0 Å². The van der Waals surface area contributed by atoms with Crippen LogP contribution < -0.4 is 24.3 Å². The van der Waals surface area contributed by atoms with Crippen LogP contribution in [0.15, 0.2) is 42.5 Å². The summed E-state index contributed by atoms with van der Waals surface area (Å²) in [6, 6.07) is 13.1. The first kappa shape index (κ1) is 19.4. The lowest BCUT2D eigenvalue weighted by Gasteiger charge is -2.08. The molecular formula is C22H23NO5. The number of nitrogens with one attached hydrogen (secondary N) is 1. The van der Waals surface area contributed by atoms with Crippen molar-refractivity contribution in [3.8, 4) is 34.8 Å². The van der Waals surface area contributed by atoms with Gasteiger partial charge in [0.05, 0.1) is 6.54 Å². The van der Waals surface area contributed by atoms with Crippen LogP contribution in [0.5, 0.6) is 23.0 Å². The Labute approximate surface area is 164 Å². The Morgan fingerprint density at radius 3 is 2.57 bits per heavy atom. The number of fused-ring (bicyclic) bond motifs is 1. The van der Waals surface area contributed by atoms with E-state index in [0.717, 1.165) is 0 Å². The summed E-state index contributed by atoms with van der Waals surface area (Å²) in [7, 11) is 0. The molecule has 1 amide bonds. The Bertz CT molecular complexity index is 865. The Hall–Kier alpha value is -3.33. The molecule has 146 valence electrons. The number of ether oxygens (including phenoxy) is 4. The molecule has 1 aliphatic rings. The predicted octanol–water partition coefficient (Wildman–Crippen LogP) is 3.12. The monoisotopic (exact) mass is 381 g/mol. The van der Waals surface area contributed by atoms with E-state index in [9.17, 15) is 4.79 Å². The Kier molecular flexibility index (Phi) is 6.64. The second-order valence-electron chi connectivity index (χ2n) is 6.45. The standard InChI is InChI=1S/C22H23NO5/c1-16(2)17-5-7-18(8-6-17)26-14-22(24)23-11-3-4-12-25-19-9-10-20-21(13-19)28-15-27-20/h5-10,13,16H,11-12,14-15H2,1-2H3,(H,23,24). The molecule has 2 aromatic carbocycles. The first-order valence-corrected chi connectivity index (χ1v) is 9.09. The van der Waals surface area contributed by atoms with E-state index in [1.54, 1.807) is 18.2 Å². The normalized spacial score (nSPS) is 11.5. The van der Waals surface area contributed by atoms with Crippen LogP contribution in [0.3, 0.4) is 0 Å². The molecule has 0 spiro atoms. The predicted molar refractivity (Wildman–Crippen MR) is 105 cm³/mol. The van der Waals surface area contributed by atoms with Gasteiger partial charge in [0, 0.05) is 6.07 Å². The second-order valence-corrected chi connectivity index (χ2v) is 6.45. The molecule has 0 aromatic heterocycles. The van der Waals surface area contributed by atoms with Crippen molar-refractivity contribution < 1.29 is 23.7 Å². The molecule has 0 atom stereocenters. The highest BCUT2D eigenvalue weighted by atomic mass is 16.7. The van der Waals surface area contributed by atoms with Crippen molar-refractivity contribution in [3.63, 3.8) is 0 Å². The number of rotatable bonds is 7. The zero-order valence-corrected chi connectivity index (χ0v) is 16.0. The number of carbonyl (C=O) groups is 1. The largest absolute Gasteiger partial charge is 0.484 e. The summed E-state index contributed by atoms with van der Waals surface area (Å²) in [5.41, 5.74) is 1.23. The molecule has 0 fully saturated rings. The molecule has 1 N–H and O–H groups in total. The van der Waals surface area contributed by atoms with Crippen LogP contribution in [0.1, 0.15) is 25.3 Å². The summed E-state index contributed by atoms with van der Waals surface area (Å²) in [5.74, 6) is 8.62. The van der Waals surface area contributed by atoms with Crippen molar-refractivity contribution in [1.82, 2.24) is 5.32 Å². The molecule has 0 bridgehead atoms. The third kappa shape index (κ3) is 5.58. The smallest absolute Gasteiger partial charge is 0.258 e. The molecule has 0 aliphatic carbocycles. The van der Waals surface area contributed by atoms with Gasteiger partial charge >= 0.3 is 0 Å². The number of carbonyl (C=O) groups excluding carboxylic acids is 1. The first-order valence-electron chi connectivity index (χ1n) is 9.09. The first-order chi connectivity index (χ1) is 13.6. The van der Waals surface area contributed by atoms with Gasteiger partial charge in [-0.2, -0.15) is 0 Å². The van der Waals surface area contributed by atoms with Crippen LogP contribution >= 0.6 is 0 Å². The van der Waals surface area contributed by atoms with Crippen molar-refractivity contribution >= 4 is 5.91 Å². The maximum Gasteiger partial charge on any atom is 0.258 e. The molecule has 6 heteroatoms. The van der Waals surface area contributed by atoms with Gasteiger partial charge in [0.1, 0.15) is 18.1 Å². The molecule has 0 radical (unpaired) electrons. The van der Waals surface area contributed by atoms with Gasteiger partial charge in [-0.3, -0.25) is 4.79 Å². The van der Waals surface area contributed by atoms with Crippen LogP contribution in [0, 0.1) is 11.8 Å². The Balaban J connectivity index is 1.32. The van der Waals surface area contributed by atoms with Crippen molar-refractivity contribution in [2.75, 3.05) is 26.6 Å². The van der Waals surface area contributed by atoms with Gasteiger partial charge in [-0.1, -0.05) is 37.8 Å². The molecule has 0 saturated heterocycles. The van der Waals surface area contributed by atoms with Crippen LogP contribution in [-0.2, 0) is 4.79 Å². The maximum absolute atomic E-state index is 11.8. The summed E-state index contributed by atoms with van der Waals surface area (Å²) in [5, 5.41) is 2.69. The average molecular weight is 381 g/mol. The highest BCUT2D eigenvalue weighted by molar-refractivity contribution is 5.77. The molecule has 6 nitrogen and oxygen atoms in total. The van der Waals surface area contributed by atoms with E-state index >= 15 is 0 Å². The molecule has 3 rings (SSSR count). The van der Waals surface area contributed by atoms with Gasteiger partial charge < -0.3 is 24.3 Å². The quantitative estimate of drug-likeness (QED) is 0.747. The van der Waals surface area contributed by atoms with E-state index < -0.39 is 0 Å². The highest BCUT2D eigenvalue weighted by Crippen LogP contribution is 2.34. The summed E-state index contributed by atoms with van der Waals surface area (Å²) in [4.78, 5) is 11.8. The fraction of sp³-hybridized carbons (Fsp3) is 0.318. The molecule has 1 aliphatic heterocycles. The topological polar surface area (TPSA) is 66.0 Å². The van der Waals surface area contributed by atoms with Crippen molar-refractivity contribution in [3.05, 3.63) is 48.0 Å². The second kappa shape index (κ2) is 9.56. The third-order valence-corrected chi connectivity index (χ3v) is 4.07. The molecule has 28 heavy (non-hydrogen) atoms. The minimum atomic E-state index is -0.223. The van der Waals surface area contributed by atoms with Gasteiger partial charge in [0.2, 0.25) is 6.79 Å². The van der Waals surface area contributed by atoms with E-state index in [0.29, 0.717) is 28.9 Å². The molecule has 0 unspecified atom stereocenters.